The zero-order valence-electron chi connectivity index (χ0n) is 12.2. The van der Waals surface area contributed by atoms with Gasteiger partial charge in [-0.3, -0.25) is 10.4 Å². The number of nitrogens with zero attached hydrogens (tertiary/aromatic N) is 2. The summed E-state index contributed by atoms with van der Waals surface area (Å²) in [7, 11) is 1.84. The predicted octanol–water partition coefficient (Wildman–Crippen LogP) is 1.00. The van der Waals surface area contributed by atoms with E-state index < -0.39 is 6.10 Å². The fraction of sp³-hybridized carbons (Fsp3) is 0.312. The van der Waals surface area contributed by atoms with Gasteiger partial charge in [0.2, 0.25) is 0 Å². The third-order valence-electron chi connectivity index (χ3n) is 3.31. The Morgan fingerprint density at radius 2 is 2.00 bits per heavy atom. The third-order valence-corrected chi connectivity index (χ3v) is 3.31. The molecule has 21 heavy (non-hydrogen) atoms. The number of aliphatic hydroxyl groups excluding tert-OH is 1. The molecule has 4 N–H and O–H groups in total. The Balaban J connectivity index is 2.02. The van der Waals surface area contributed by atoms with Crippen LogP contribution in [0.1, 0.15) is 5.56 Å². The highest BCUT2D eigenvalue weighted by Gasteiger charge is 2.09. The molecule has 2 aromatic rings. The summed E-state index contributed by atoms with van der Waals surface area (Å²) in [5, 5.41) is 11.6. The summed E-state index contributed by atoms with van der Waals surface area (Å²) in [6.45, 7) is 1.46. The van der Waals surface area contributed by atoms with Crippen LogP contribution in [0.2, 0.25) is 0 Å². The summed E-state index contributed by atoms with van der Waals surface area (Å²) in [5.74, 6) is 0. The van der Waals surface area contributed by atoms with Gasteiger partial charge in [0.25, 0.3) is 0 Å². The first-order valence-corrected chi connectivity index (χ1v) is 7.03. The number of hydrazine groups is 1. The highest BCUT2D eigenvalue weighted by molar-refractivity contribution is 5.58. The standard InChI is InChI=1S/C16H22N4O/c1-18-20(12-15(21)10-17)11-13-5-7-14(8-6-13)16-4-2-3-9-19-16/h2-9,15,18,21H,10-12,17H2,1H3. The number of aliphatic hydroxyl groups is 1. The molecule has 1 unspecified atom stereocenters. The maximum Gasteiger partial charge on any atom is 0.0803 e. The van der Waals surface area contributed by atoms with E-state index in [0.29, 0.717) is 13.1 Å². The molecule has 0 radical (unpaired) electrons. The normalized spacial score (nSPS) is 12.6. The van der Waals surface area contributed by atoms with Crippen LogP contribution < -0.4 is 11.2 Å². The molecule has 1 atom stereocenters. The molecule has 2 rings (SSSR count). The number of benzene rings is 1. The molecule has 1 heterocycles. The minimum absolute atomic E-state index is 0.261. The van der Waals surface area contributed by atoms with Crippen molar-refractivity contribution < 1.29 is 5.11 Å². The third kappa shape index (κ3) is 4.61. The molecule has 0 aliphatic carbocycles. The fourth-order valence-electron chi connectivity index (χ4n) is 2.10. The molecule has 1 aromatic heterocycles. The lowest BCUT2D eigenvalue weighted by molar-refractivity contribution is 0.0884. The minimum Gasteiger partial charge on any atom is -0.390 e. The van der Waals surface area contributed by atoms with Gasteiger partial charge in [0.15, 0.2) is 0 Å². The lowest BCUT2D eigenvalue weighted by atomic mass is 10.1. The Morgan fingerprint density at radius 1 is 1.24 bits per heavy atom. The molecule has 0 amide bonds. The van der Waals surface area contributed by atoms with Gasteiger partial charge in [-0.05, 0) is 24.7 Å². The Hall–Kier alpha value is -1.79. The molecule has 0 aliphatic rings. The minimum atomic E-state index is -0.523. The Labute approximate surface area is 125 Å². The molecule has 0 saturated heterocycles. The highest BCUT2D eigenvalue weighted by Crippen LogP contribution is 2.17. The highest BCUT2D eigenvalue weighted by atomic mass is 16.3. The maximum atomic E-state index is 9.62. The molecule has 1 aromatic carbocycles. The Bertz CT molecular complexity index is 530. The van der Waals surface area contributed by atoms with Gasteiger partial charge in [-0.1, -0.05) is 30.3 Å². The van der Waals surface area contributed by atoms with Gasteiger partial charge in [0, 0.05) is 31.4 Å². The number of nitrogens with two attached hydrogens (primary N) is 1. The van der Waals surface area contributed by atoms with Gasteiger partial charge >= 0.3 is 0 Å². The number of nitrogens with one attached hydrogen (secondary N) is 1. The molecule has 112 valence electrons. The first-order chi connectivity index (χ1) is 10.2. The first-order valence-electron chi connectivity index (χ1n) is 7.03. The largest absolute Gasteiger partial charge is 0.390 e. The van der Waals surface area contributed by atoms with Gasteiger partial charge in [0.05, 0.1) is 11.8 Å². The van der Waals surface area contributed by atoms with Crippen LogP contribution in [0.4, 0.5) is 0 Å². The summed E-state index contributed by atoms with van der Waals surface area (Å²) in [4.78, 5) is 4.34. The maximum absolute atomic E-state index is 9.62. The van der Waals surface area contributed by atoms with E-state index in [1.807, 2.05) is 30.3 Å². The van der Waals surface area contributed by atoms with Gasteiger partial charge in [-0.15, -0.1) is 0 Å². The van der Waals surface area contributed by atoms with Crippen molar-refractivity contribution in [3.05, 3.63) is 54.2 Å². The van der Waals surface area contributed by atoms with Gasteiger partial charge in [-0.25, -0.2) is 5.01 Å². The van der Waals surface area contributed by atoms with Crippen molar-refractivity contribution in [2.45, 2.75) is 12.6 Å². The average molecular weight is 286 g/mol. The van der Waals surface area contributed by atoms with E-state index in [9.17, 15) is 5.11 Å². The van der Waals surface area contributed by atoms with Crippen LogP contribution in [0.15, 0.2) is 48.7 Å². The fourth-order valence-corrected chi connectivity index (χ4v) is 2.10. The lowest BCUT2D eigenvalue weighted by Crippen LogP contribution is -2.42. The van der Waals surface area contributed by atoms with E-state index in [2.05, 4.69) is 34.7 Å². The second-order valence-electron chi connectivity index (χ2n) is 4.91. The zero-order valence-corrected chi connectivity index (χ0v) is 12.2. The van der Waals surface area contributed by atoms with Crippen molar-refractivity contribution in [3.8, 4) is 11.3 Å². The first kappa shape index (κ1) is 15.6. The molecule has 0 saturated carbocycles. The lowest BCUT2D eigenvalue weighted by Gasteiger charge is -2.23. The second kappa shape index (κ2) is 7.85. The summed E-state index contributed by atoms with van der Waals surface area (Å²) in [6.07, 6.45) is 1.27. The van der Waals surface area contributed by atoms with Crippen molar-refractivity contribution in [1.29, 1.82) is 0 Å². The molecule has 0 spiro atoms. The van der Waals surface area contributed by atoms with Crippen molar-refractivity contribution in [2.75, 3.05) is 20.1 Å². The number of aromatic nitrogens is 1. The number of hydrogen-bond acceptors (Lipinski definition) is 5. The predicted molar refractivity (Wildman–Crippen MR) is 84.2 cm³/mol. The topological polar surface area (TPSA) is 74.4 Å². The summed E-state index contributed by atoms with van der Waals surface area (Å²) < 4.78 is 0. The van der Waals surface area contributed by atoms with Crippen LogP contribution in [-0.2, 0) is 6.54 Å². The van der Waals surface area contributed by atoms with Crippen LogP contribution in [0.5, 0.6) is 0 Å². The quantitative estimate of drug-likeness (QED) is 0.662. The van der Waals surface area contributed by atoms with Crippen LogP contribution in [0.3, 0.4) is 0 Å². The van der Waals surface area contributed by atoms with E-state index in [1.54, 1.807) is 6.20 Å². The zero-order chi connectivity index (χ0) is 15.1. The van der Waals surface area contributed by atoms with E-state index in [4.69, 9.17) is 5.73 Å². The van der Waals surface area contributed by atoms with Gasteiger partial charge in [0.1, 0.15) is 0 Å². The Morgan fingerprint density at radius 3 is 2.57 bits per heavy atom. The molecule has 0 fully saturated rings. The molecule has 0 bridgehead atoms. The molecule has 5 nitrogen and oxygen atoms in total. The molecular weight excluding hydrogens is 264 g/mol. The smallest absolute Gasteiger partial charge is 0.0803 e. The van der Waals surface area contributed by atoms with E-state index in [0.717, 1.165) is 16.8 Å². The van der Waals surface area contributed by atoms with Crippen molar-refractivity contribution in [1.82, 2.24) is 15.4 Å². The second-order valence-corrected chi connectivity index (χ2v) is 4.91. The van der Waals surface area contributed by atoms with Gasteiger partial charge in [-0.2, -0.15) is 0 Å². The van der Waals surface area contributed by atoms with Crippen LogP contribution in [-0.4, -0.2) is 41.3 Å². The van der Waals surface area contributed by atoms with Crippen molar-refractivity contribution in [3.63, 3.8) is 0 Å². The van der Waals surface area contributed by atoms with Crippen LogP contribution in [0.25, 0.3) is 11.3 Å². The summed E-state index contributed by atoms with van der Waals surface area (Å²) in [6, 6.07) is 14.1. The van der Waals surface area contributed by atoms with Crippen LogP contribution >= 0.6 is 0 Å². The summed E-state index contributed by atoms with van der Waals surface area (Å²) >= 11 is 0. The summed E-state index contributed by atoms with van der Waals surface area (Å²) in [5.41, 5.74) is 11.7. The molecule has 0 aliphatic heterocycles. The Kier molecular flexibility index (Phi) is 5.83. The molecule has 5 heteroatoms. The van der Waals surface area contributed by atoms with E-state index >= 15 is 0 Å². The van der Waals surface area contributed by atoms with E-state index in [1.165, 1.54) is 0 Å². The molecular formula is C16H22N4O. The SMILES string of the molecule is CNN(Cc1ccc(-c2ccccn2)cc1)CC(O)CN. The van der Waals surface area contributed by atoms with Crippen molar-refractivity contribution >= 4 is 0 Å². The monoisotopic (exact) mass is 286 g/mol. The number of rotatable bonds is 7. The van der Waals surface area contributed by atoms with E-state index in [-0.39, 0.29) is 6.54 Å². The van der Waals surface area contributed by atoms with Crippen molar-refractivity contribution in [2.24, 2.45) is 5.73 Å². The van der Waals surface area contributed by atoms with Crippen LogP contribution in [0, 0.1) is 0 Å². The number of pyridine rings is 1. The number of hydrogen-bond donors (Lipinski definition) is 3. The average Bonchev–Trinajstić information content (AvgIpc) is 2.55. The van der Waals surface area contributed by atoms with Gasteiger partial charge < -0.3 is 10.8 Å².